The number of amides is 1. The van der Waals surface area contributed by atoms with E-state index in [-0.39, 0.29) is 107 Å². The van der Waals surface area contributed by atoms with Gasteiger partial charge in [-0.1, -0.05) is 24.3 Å². The monoisotopic (exact) mass is 1450 g/mol. The lowest BCUT2D eigenvalue weighted by Crippen LogP contribution is -2.39. The van der Waals surface area contributed by atoms with Crippen LogP contribution in [0.5, 0.6) is 0 Å². The van der Waals surface area contributed by atoms with Crippen LogP contribution in [0.1, 0.15) is 127 Å². The number of sulfonamides is 2. The van der Waals surface area contributed by atoms with Crippen molar-refractivity contribution in [3.05, 3.63) is 208 Å². The van der Waals surface area contributed by atoms with E-state index in [9.17, 15) is 53.5 Å². The van der Waals surface area contributed by atoms with Crippen molar-refractivity contribution < 1.29 is 53.5 Å². The molecular weight excluding hydrogens is 1380 g/mol. The number of aromatic nitrogens is 4. The van der Waals surface area contributed by atoms with Crippen molar-refractivity contribution in [1.29, 1.82) is 0 Å². The minimum Gasteiger partial charge on any atom is -0.480 e. The van der Waals surface area contributed by atoms with Crippen molar-refractivity contribution in [3.8, 4) is 0 Å². The minimum atomic E-state index is -3.74. The van der Waals surface area contributed by atoms with Gasteiger partial charge in [0.1, 0.15) is 41.3 Å². The Morgan fingerprint density at radius 1 is 0.505 bits per heavy atom. The topological polar surface area (TPSA) is 178 Å². The summed E-state index contributed by atoms with van der Waals surface area (Å²) in [5.41, 5.74) is 10.8. The van der Waals surface area contributed by atoms with Crippen molar-refractivity contribution in [1.82, 2.24) is 33.0 Å². The van der Waals surface area contributed by atoms with Gasteiger partial charge in [-0.2, -0.15) is 4.31 Å². The van der Waals surface area contributed by atoms with Gasteiger partial charge in [-0.25, -0.2) is 48.5 Å². The highest BCUT2D eigenvalue weighted by Crippen LogP contribution is 2.57. The molecule has 1 aliphatic heterocycles. The lowest BCUT2D eigenvalue weighted by molar-refractivity contribution is -0.137. The predicted octanol–water partition coefficient (Wildman–Crippen LogP) is 16.2. The Hall–Kier alpha value is -7.37. The molecule has 16 rings (SSSR count). The van der Waals surface area contributed by atoms with E-state index in [0.717, 1.165) is 120 Å². The Balaban J connectivity index is 0.000000148. The molecule has 99 heavy (non-hydrogen) atoms. The number of pyridine rings is 1. The third kappa shape index (κ3) is 13.4. The Labute approximate surface area is 591 Å². The van der Waals surface area contributed by atoms with Crippen LogP contribution in [0.15, 0.2) is 149 Å². The summed E-state index contributed by atoms with van der Waals surface area (Å²) >= 11 is 0. The van der Waals surface area contributed by atoms with Gasteiger partial charge in [0.25, 0.3) is 5.91 Å². The third-order valence-electron chi connectivity index (χ3n) is 22.2. The van der Waals surface area contributed by atoms with Gasteiger partial charge in [0.15, 0.2) is 0 Å². The highest BCUT2D eigenvalue weighted by Gasteiger charge is 2.52. The van der Waals surface area contributed by atoms with Crippen LogP contribution >= 0.6 is 37.2 Å². The lowest BCUT2D eigenvalue weighted by atomic mass is 9.80. The molecule has 24 heteroatoms. The molecule has 6 fully saturated rings. The van der Waals surface area contributed by atoms with E-state index in [4.69, 9.17) is 0 Å². The maximum atomic E-state index is 14.1. The van der Waals surface area contributed by atoms with E-state index < -0.39 is 43.5 Å². The number of rotatable bonds is 14. The Morgan fingerprint density at radius 2 is 0.960 bits per heavy atom. The highest BCUT2D eigenvalue weighted by molar-refractivity contribution is 7.89. The number of hydrogen-bond acceptors (Lipinski definition) is 7. The number of carbonyl (C=O) groups excluding carboxylic acids is 1. The molecule has 11 unspecified atom stereocenters. The van der Waals surface area contributed by atoms with Crippen molar-refractivity contribution in [2.45, 2.75) is 151 Å². The number of nitrogens with zero attached hydrogens (tertiary/aromatic N) is 5. The van der Waals surface area contributed by atoms with Gasteiger partial charge in [-0.3, -0.25) is 9.59 Å². The number of carboxylic acids is 1. The molecule has 11 atom stereocenters. The molecule has 4 aromatic heterocycles. The Kier molecular flexibility index (Phi) is 21.0. The lowest BCUT2D eigenvalue weighted by Gasteiger charge is -2.31. The normalized spacial score (nSPS) is 23.6. The molecule has 5 heterocycles. The van der Waals surface area contributed by atoms with Crippen LogP contribution in [0.2, 0.25) is 0 Å². The number of hydrogen-bond donors (Lipinski definition) is 3. The minimum absolute atomic E-state index is 0. The van der Waals surface area contributed by atoms with E-state index >= 15 is 0 Å². The molecule has 1 saturated heterocycles. The first-order chi connectivity index (χ1) is 46.0. The molecule has 14 nitrogen and oxygen atoms in total. The molecular formula is C75H79Cl3F5N7O7S2. The number of carboxylic acid groups (broad SMARTS) is 1. The van der Waals surface area contributed by atoms with Gasteiger partial charge < -0.3 is 24.1 Å². The van der Waals surface area contributed by atoms with Crippen LogP contribution in [0.25, 0.3) is 43.6 Å². The van der Waals surface area contributed by atoms with Crippen molar-refractivity contribution in [3.63, 3.8) is 0 Å². The average Bonchev–Trinajstić information content (AvgIpc) is 1.59. The maximum absolute atomic E-state index is 14.1. The SMILES string of the molecule is CCn1c(C)c(C2CC3CC2CC3NC(=O)c2ccc3ccccc3n2)c2cc(F)ccc21.CCn1c(C)c(C2CC3CC2CC3NS(=O)(=O)c2ccc(F)cc2)c2cc(F)ccc21.Cc1c(C2CC3CC2CN3S(=O)(=O)c2ccc(F)cc2)c2cc(F)ccc2n1CC(=O)O.Cl.Cl.Cl. The zero-order valence-electron chi connectivity index (χ0n) is 55.2. The molecule has 5 saturated carbocycles. The second-order valence-electron chi connectivity index (χ2n) is 27.3. The molecule has 6 aromatic carbocycles. The first-order valence-electron chi connectivity index (χ1n) is 33.3. The summed E-state index contributed by atoms with van der Waals surface area (Å²) in [6.45, 7) is 12.2. The molecule has 3 N–H and O–H groups in total. The number of nitrogens with one attached hydrogen (secondary N) is 2. The van der Waals surface area contributed by atoms with E-state index in [0.29, 0.717) is 65.6 Å². The van der Waals surface area contributed by atoms with Gasteiger partial charge in [-0.15, -0.1) is 37.2 Å². The Bertz CT molecular complexity index is 4980. The number of aryl methyl sites for hydroxylation is 2. The summed E-state index contributed by atoms with van der Waals surface area (Å²) in [7, 11) is -7.42. The second-order valence-corrected chi connectivity index (χ2v) is 30.9. The zero-order valence-corrected chi connectivity index (χ0v) is 59.3. The molecule has 0 radical (unpaired) electrons. The quantitative estimate of drug-likeness (QED) is 0.0901. The van der Waals surface area contributed by atoms with E-state index in [1.807, 2.05) is 55.5 Å². The Morgan fingerprint density at radius 3 is 1.42 bits per heavy atom. The molecule has 6 bridgehead atoms. The van der Waals surface area contributed by atoms with Crippen LogP contribution < -0.4 is 10.0 Å². The molecule has 6 aliphatic rings. The summed E-state index contributed by atoms with van der Waals surface area (Å²) in [6, 6.07) is 35.8. The number of para-hydroxylation sites is 1. The van der Waals surface area contributed by atoms with E-state index in [1.165, 1.54) is 69.3 Å². The van der Waals surface area contributed by atoms with E-state index in [1.54, 1.807) is 28.8 Å². The highest BCUT2D eigenvalue weighted by atomic mass is 35.5. The summed E-state index contributed by atoms with van der Waals surface area (Å²) in [6.07, 6.45) is 7.02. The third-order valence-corrected chi connectivity index (χ3v) is 25.7. The summed E-state index contributed by atoms with van der Waals surface area (Å²) < 4.78 is 131. The number of piperidine rings is 1. The van der Waals surface area contributed by atoms with Crippen molar-refractivity contribution >= 4 is 113 Å². The fourth-order valence-electron chi connectivity index (χ4n) is 18.2. The number of benzene rings is 6. The van der Waals surface area contributed by atoms with Crippen LogP contribution in [0, 0.1) is 79.4 Å². The fraction of sp³-hybridized carbons (Fsp3) is 0.373. The van der Waals surface area contributed by atoms with Gasteiger partial charge in [0.05, 0.1) is 15.3 Å². The first-order valence-corrected chi connectivity index (χ1v) is 36.2. The van der Waals surface area contributed by atoms with E-state index in [2.05, 4.69) is 51.9 Å². The number of carbonyl (C=O) groups is 2. The molecule has 5 aliphatic carbocycles. The van der Waals surface area contributed by atoms with Gasteiger partial charge in [0, 0.05) is 92.9 Å². The predicted molar refractivity (Wildman–Crippen MR) is 381 cm³/mol. The molecule has 1 amide bonds. The first kappa shape index (κ1) is 72.9. The summed E-state index contributed by atoms with van der Waals surface area (Å²) in [5, 5.41) is 16.4. The van der Waals surface area contributed by atoms with Crippen molar-refractivity contribution in [2.24, 2.45) is 29.6 Å². The second kappa shape index (κ2) is 28.6. The van der Waals surface area contributed by atoms with Crippen LogP contribution in [-0.2, 0) is 44.5 Å². The van der Waals surface area contributed by atoms with Crippen LogP contribution in [0.3, 0.4) is 0 Å². The van der Waals surface area contributed by atoms with Crippen LogP contribution in [0.4, 0.5) is 22.0 Å². The fourth-order valence-corrected chi connectivity index (χ4v) is 21.2. The molecule has 10 aromatic rings. The molecule has 0 spiro atoms. The smallest absolute Gasteiger partial charge is 0.323 e. The zero-order chi connectivity index (χ0) is 67.4. The van der Waals surface area contributed by atoms with Gasteiger partial charge >= 0.3 is 5.97 Å². The number of fused-ring (bicyclic) bond motifs is 10. The average molecular weight is 1460 g/mol. The summed E-state index contributed by atoms with van der Waals surface area (Å²) in [5.74, 6) is -0.429. The summed E-state index contributed by atoms with van der Waals surface area (Å²) in [4.78, 5) is 29.1. The molecule has 524 valence electrons. The van der Waals surface area contributed by atoms with Gasteiger partial charge in [0.2, 0.25) is 20.0 Å². The van der Waals surface area contributed by atoms with Gasteiger partial charge in [-0.05, 0) is 265 Å². The largest absolute Gasteiger partial charge is 0.480 e. The number of aliphatic carboxylic acids is 1. The number of halogens is 8. The van der Waals surface area contributed by atoms with Crippen molar-refractivity contribution in [2.75, 3.05) is 6.54 Å². The standard InChI is InChI=1S/C28H28FN3O.C24H26F2N2O2S.C23H22F2N2O4S.3ClH/c1-3-32-16(2)27(22-15-20(29)9-11-26(22)32)21-13-19-12-18(21)14-25(19)31-28(33)24-10-8-17-6-4-5-7-23(17)30-24;1-3-28-14(2)24(21-13-18(26)6-9-23(21)28)20-11-16-10-15(20)12-22(16)27-31(29,30)19-7-4-17(25)5-8-19;1-13-23(20-9-16(25)4-7-21(20)26(13)12-22(28)29)19-10-17-8-14(19)11-27(17)32(30,31)18-5-2-15(24)3-6-18;;;/h4-11,15,18-19,21,25H,3,12-14H2,1-2H3,(H,31,33);4-9,13,15-16,20,22,27H,3,10-12H2,1-2H3;2-7,9,14,17,19H,8,10-12H2,1H3,(H,28,29);3*1H. The van der Waals surface area contributed by atoms with Crippen LogP contribution in [-0.4, -0.2) is 81.5 Å². The maximum Gasteiger partial charge on any atom is 0.323 e.